The molecule has 1 aliphatic rings. The third-order valence-corrected chi connectivity index (χ3v) is 7.51. The van der Waals surface area contributed by atoms with Crippen molar-refractivity contribution in [3.63, 3.8) is 0 Å². The lowest BCUT2D eigenvalue weighted by Gasteiger charge is -2.26. The largest absolute Gasteiger partial charge is 0.495 e. The molecule has 1 aliphatic heterocycles. The third-order valence-electron chi connectivity index (χ3n) is 5.59. The fraction of sp³-hybridized carbons (Fsp3) is 0.435. The van der Waals surface area contributed by atoms with Crippen LogP contribution in [0.15, 0.2) is 41.3 Å². The number of carbonyl (C=O) groups is 1. The van der Waals surface area contributed by atoms with Crippen molar-refractivity contribution in [2.75, 3.05) is 25.5 Å². The minimum absolute atomic E-state index is 0.0535. The van der Waals surface area contributed by atoms with Crippen molar-refractivity contribution in [1.82, 2.24) is 4.31 Å². The third kappa shape index (κ3) is 5.19. The van der Waals surface area contributed by atoms with E-state index in [9.17, 15) is 13.2 Å². The molecule has 0 aliphatic carbocycles. The van der Waals surface area contributed by atoms with Gasteiger partial charge in [-0.15, -0.1) is 0 Å². The van der Waals surface area contributed by atoms with Crippen LogP contribution in [0.1, 0.15) is 37.3 Å². The van der Waals surface area contributed by atoms with E-state index in [4.69, 9.17) is 9.47 Å². The molecule has 3 rings (SSSR count). The van der Waals surface area contributed by atoms with Crippen molar-refractivity contribution >= 4 is 21.6 Å². The van der Waals surface area contributed by atoms with E-state index in [2.05, 4.69) is 5.32 Å². The van der Waals surface area contributed by atoms with Crippen molar-refractivity contribution in [2.45, 2.75) is 51.0 Å². The molecule has 1 N–H and O–H groups in total. The quantitative estimate of drug-likeness (QED) is 0.697. The van der Waals surface area contributed by atoms with Gasteiger partial charge in [-0.2, -0.15) is 4.31 Å². The number of carbonyl (C=O) groups excluding carboxylic acids is 1. The van der Waals surface area contributed by atoms with Crippen molar-refractivity contribution in [1.29, 1.82) is 0 Å². The molecular formula is C23H30N2O5S. The van der Waals surface area contributed by atoms with Gasteiger partial charge in [0.1, 0.15) is 16.4 Å². The molecule has 1 unspecified atom stereocenters. The molecule has 0 bridgehead atoms. The summed E-state index contributed by atoms with van der Waals surface area (Å²) in [7, 11) is -2.28. The van der Waals surface area contributed by atoms with Crippen LogP contribution < -0.4 is 14.8 Å². The average molecular weight is 447 g/mol. The summed E-state index contributed by atoms with van der Waals surface area (Å²) in [5.41, 5.74) is 2.42. The van der Waals surface area contributed by atoms with E-state index in [0.29, 0.717) is 24.5 Å². The minimum atomic E-state index is -3.72. The highest BCUT2D eigenvalue weighted by molar-refractivity contribution is 7.89. The van der Waals surface area contributed by atoms with Crippen LogP contribution in [-0.4, -0.2) is 44.9 Å². The molecule has 168 valence electrons. The highest BCUT2D eigenvalue weighted by Crippen LogP contribution is 2.31. The molecule has 0 radical (unpaired) electrons. The molecular weight excluding hydrogens is 416 g/mol. The first-order valence-corrected chi connectivity index (χ1v) is 11.9. The first-order chi connectivity index (χ1) is 14.7. The Morgan fingerprint density at radius 1 is 1.06 bits per heavy atom. The van der Waals surface area contributed by atoms with E-state index in [-0.39, 0.29) is 16.6 Å². The van der Waals surface area contributed by atoms with Crippen molar-refractivity contribution in [3.05, 3.63) is 47.5 Å². The van der Waals surface area contributed by atoms with E-state index in [1.54, 1.807) is 19.1 Å². The number of ether oxygens (including phenoxy) is 2. The number of benzene rings is 2. The molecule has 0 aromatic heterocycles. The van der Waals surface area contributed by atoms with Gasteiger partial charge in [0.05, 0.1) is 7.11 Å². The van der Waals surface area contributed by atoms with Crippen LogP contribution in [-0.2, 0) is 14.8 Å². The van der Waals surface area contributed by atoms with E-state index in [0.717, 1.165) is 30.4 Å². The van der Waals surface area contributed by atoms with Crippen molar-refractivity contribution in [3.8, 4) is 11.5 Å². The lowest BCUT2D eigenvalue weighted by atomic mass is 10.1. The van der Waals surface area contributed by atoms with Gasteiger partial charge in [-0.25, -0.2) is 8.42 Å². The monoisotopic (exact) mass is 446 g/mol. The Morgan fingerprint density at radius 3 is 2.45 bits per heavy atom. The molecule has 7 nitrogen and oxygen atoms in total. The normalized spacial score (nSPS) is 15.9. The molecule has 1 fully saturated rings. The number of anilines is 1. The van der Waals surface area contributed by atoms with Crippen LogP contribution in [0.4, 0.5) is 5.69 Å². The number of methoxy groups -OCH3 is 1. The molecule has 2 aromatic rings. The summed E-state index contributed by atoms with van der Waals surface area (Å²) in [4.78, 5) is 12.8. The maximum absolute atomic E-state index is 13.2. The predicted octanol–water partition coefficient (Wildman–Crippen LogP) is 3.89. The van der Waals surface area contributed by atoms with Crippen LogP contribution in [0.5, 0.6) is 11.5 Å². The summed E-state index contributed by atoms with van der Waals surface area (Å²) in [6.07, 6.45) is 1.94. The van der Waals surface area contributed by atoms with Crippen molar-refractivity contribution in [2.24, 2.45) is 0 Å². The average Bonchev–Trinajstić information content (AvgIpc) is 2.77. The number of aryl methyl sites for hydroxylation is 1. The maximum Gasteiger partial charge on any atom is 0.265 e. The molecule has 1 atom stereocenters. The molecule has 8 heteroatoms. The second kappa shape index (κ2) is 9.70. The second-order valence-corrected chi connectivity index (χ2v) is 9.68. The number of hydrogen-bond acceptors (Lipinski definition) is 5. The Hall–Kier alpha value is -2.58. The zero-order valence-corrected chi connectivity index (χ0v) is 19.3. The lowest BCUT2D eigenvalue weighted by Crippen LogP contribution is -2.36. The van der Waals surface area contributed by atoms with E-state index >= 15 is 0 Å². The Morgan fingerprint density at radius 2 is 1.77 bits per heavy atom. The summed E-state index contributed by atoms with van der Waals surface area (Å²) in [6.45, 7) is 6.56. The summed E-state index contributed by atoms with van der Waals surface area (Å²) >= 11 is 0. The summed E-state index contributed by atoms with van der Waals surface area (Å²) < 4.78 is 38.9. The molecule has 1 amide bonds. The highest BCUT2D eigenvalue weighted by Gasteiger charge is 2.29. The van der Waals surface area contributed by atoms with Crippen LogP contribution in [0.3, 0.4) is 0 Å². The molecule has 0 saturated carbocycles. The van der Waals surface area contributed by atoms with Gasteiger partial charge in [-0.1, -0.05) is 18.6 Å². The smallest absolute Gasteiger partial charge is 0.265 e. The number of rotatable bonds is 7. The van der Waals surface area contributed by atoms with Gasteiger partial charge < -0.3 is 14.8 Å². The number of amides is 1. The van der Waals surface area contributed by atoms with Gasteiger partial charge in [0.15, 0.2) is 6.10 Å². The van der Waals surface area contributed by atoms with E-state index < -0.39 is 16.1 Å². The SMILES string of the molecule is COc1ccc(NC(=O)C(C)Oc2cccc(C)c2C)cc1S(=O)(=O)N1CCCCC1. The van der Waals surface area contributed by atoms with Gasteiger partial charge in [0.2, 0.25) is 10.0 Å². The minimum Gasteiger partial charge on any atom is -0.495 e. The van der Waals surface area contributed by atoms with Gasteiger partial charge in [0.25, 0.3) is 5.91 Å². The zero-order valence-electron chi connectivity index (χ0n) is 18.5. The van der Waals surface area contributed by atoms with Crippen LogP contribution in [0.25, 0.3) is 0 Å². The molecule has 1 saturated heterocycles. The van der Waals surface area contributed by atoms with Gasteiger partial charge in [-0.3, -0.25) is 4.79 Å². The maximum atomic E-state index is 13.2. The van der Waals surface area contributed by atoms with Gasteiger partial charge in [0, 0.05) is 18.8 Å². The van der Waals surface area contributed by atoms with E-state index in [1.807, 2.05) is 32.0 Å². The standard InChI is InChI=1S/C23H30N2O5S/c1-16-9-8-10-20(17(16)2)30-18(3)23(26)24-19-11-12-21(29-4)22(15-19)31(27,28)25-13-6-5-7-14-25/h8-12,15,18H,5-7,13-14H2,1-4H3,(H,24,26). The lowest BCUT2D eigenvalue weighted by molar-refractivity contribution is -0.122. The molecule has 31 heavy (non-hydrogen) atoms. The summed E-state index contributed by atoms with van der Waals surface area (Å²) in [6, 6.07) is 10.3. The number of nitrogens with one attached hydrogen (secondary N) is 1. The number of hydrogen-bond donors (Lipinski definition) is 1. The summed E-state index contributed by atoms with van der Waals surface area (Å²) in [5, 5.41) is 2.76. The molecule has 0 spiro atoms. The number of piperidine rings is 1. The topological polar surface area (TPSA) is 84.9 Å². The Bertz CT molecular complexity index is 1050. The second-order valence-electron chi connectivity index (χ2n) is 7.78. The molecule has 1 heterocycles. The number of sulfonamides is 1. The molecule has 2 aromatic carbocycles. The van der Waals surface area contributed by atoms with Gasteiger partial charge >= 0.3 is 0 Å². The number of nitrogens with zero attached hydrogens (tertiary/aromatic N) is 1. The predicted molar refractivity (Wildman–Crippen MR) is 120 cm³/mol. The van der Waals surface area contributed by atoms with Crippen LogP contribution in [0.2, 0.25) is 0 Å². The highest BCUT2D eigenvalue weighted by atomic mass is 32.2. The first kappa shape index (κ1) is 23.1. The van der Waals surface area contributed by atoms with Crippen LogP contribution >= 0.6 is 0 Å². The van der Waals surface area contributed by atoms with Crippen LogP contribution in [0, 0.1) is 13.8 Å². The summed E-state index contributed by atoms with van der Waals surface area (Å²) in [5.74, 6) is 0.529. The first-order valence-electron chi connectivity index (χ1n) is 10.5. The Kier molecular flexibility index (Phi) is 7.23. The van der Waals surface area contributed by atoms with E-state index in [1.165, 1.54) is 17.5 Å². The Balaban J connectivity index is 1.79. The fourth-order valence-corrected chi connectivity index (χ4v) is 5.24. The fourth-order valence-electron chi connectivity index (χ4n) is 3.54. The Labute approximate surface area is 184 Å². The van der Waals surface area contributed by atoms with Gasteiger partial charge in [-0.05, 0) is 69.0 Å². The zero-order chi connectivity index (χ0) is 22.6. The van der Waals surface area contributed by atoms with Crippen molar-refractivity contribution < 1.29 is 22.7 Å².